The van der Waals surface area contributed by atoms with E-state index in [1.54, 1.807) is 0 Å². The number of carbonyl (C=O) groups is 4. The number of carbonyl (C=O) groups excluding carboxylic acids is 4. The van der Waals surface area contributed by atoms with Gasteiger partial charge in [-0.15, -0.1) is 0 Å². The Morgan fingerprint density at radius 2 is 1.73 bits per heavy atom. The number of benzene rings is 1. The van der Waals surface area contributed by atoms with Gasteiger partial charge in [-0.3, -0.25) is 24.6 Å². The van der Waals surface area contributed by atoms with Crippen LogP contribution in [0.15, 0.2) is 46.8 Å². The van der Waals surface area contributed by atoms with Crippen molar-refractivity contribution in [3.05, 3.63) is 62.5 Å². The van der Waals surface area contributed by atoms with Crippen LogP contribution in [0, 0.1) is 10.1 Å². The van der Waals surface area contributed by atoms with Crippen LogP contribution < -0.4 is 5.32 Å². The minimum Gasteiger partial charge on any atom is -0.463 e. The molecule has 2 fully saturated rings. The molecule has 3 aliphatic heterocycles. The number of halogens is 3. The second-order valence-corrected chi connectivity index (χ2v) is 8.00. The Bertz CT molecular complexity index is 1230. The number of nitrogens with one attached hydrogen (secondary N) is 1. The largest absolute Gasteiger partial charge is 0.463 e. The van der Waals surface area contributed by atoms with Gasteiger partial charge in [-0.05, 0) is 26.3 Å². The number of allylic oxidation sites excluding steroid dienone is 2. The topological polar surface area (TPSA) is 145 Å². The third-order valence-corrected chi connectivity index (χ3v) is 5.65. The fourth-order valence-electron chi connectivity index (χ4n) is 3.95. The smallest absolute Gasteiger partial charge is 0.431 e. The molecule has 198 valence electrons. The summed E-state index contributed by atoms with van der Waals surface area (Å²) in [4.78, 5) is 57.2. The first-order valence-electron chi connectivity index (χ1n) is 11.1. The molecule has 3 aliphatic rings. The molecule has 2 unspecified atom stereocenters. The van der Waals surface area contributed by atoms with E-state index in [-0.39, 0.29) is 47.9 Å². The highest BCUT2D eigenvalue weighted by atomic mass is 19.4. The first kappa shape index (κ1) is 27.4. The highest BCUT2D eigenvalue weighted by Gasteiger charge is 2.60. The van der Waals surface area contributed by atoms with Crippen molar-refractivity contribution in [3.63, 3.8) is 0 Å². The van der Waals surface area contributed by atoms with Crippen LogP contribution in [0.1, 0.15) is 38.7 Å². The molecule has 1 aromatic rings. The van der Waals surface area contributed by atoms with E-state index < -0.39 is 45.9 Å². The van der Waals surface area contributed by atoms with E-state index in [4.69, 9.17) is 9.47 Å². The summed E-state index contributed by atoms with van der Waals surface area (Å²) in [7, 11) is 0. The number of hydrogen-bond donors (Lipinski definition) is 1. The summed E-state index contributed by atoms with van der Waals surface area (Å²) in [5, 5.41) is 13.2. The second-order valence-electron chi connectivity index (χ2n) is 8.00. The summed E-state index contributed by atoms with van der Waals surface area (Å²) < 4.78 is 51.1. The number of esters is 2. The van der Waals surface area contributed by atoms with Crippen molar-refractivity contribution in [1.29, 1.82) is 0 Å². The number of nitro benzene ring substituents is 1. The van der Waals surface area contributed by atoms with Crippen LogP contribution in [0.3, 0.4) is 0 Å². The standard InChI is InChI=1S/C19H19F3N2O6.C4H3NO2/c1-4-29-17(25)13-10(3)23-16(19(20,21)22)15(18(26)30-5-2)14(13)11-7-6-8-12(9-11)24(27)28;6-3-1-2-4(7)5(2)3/h6-9,14,23H,4-5H2,1-3H3;2H,1H2. The molecule has 2 amide bonds. The van der Waals surface area contributed by atoms with Crippen molar-refractivity contribution in [2.24, 2.45) is 0 Å². The number of dihydropyridines is 1. The lowest BCUT2D eigenvalue weighted by molar-refractivity contribution is -0.384. The van der Waals surface area contributed by atoms with Gasteiger partial charge in [0, 0.05) is 17.8 Å². The number of alkyl halides is 3. The number of nitro groups is 1. The number of ether oxygens (including phenoxy) is 2. The Labute approximate surface area is 208 Å². The van der Waals surface area contributed by atoms with Crippen LogP contribution in [0.4, 0.5) is 18.9 Å². The SMILES string of the molecule is CCOC(=O)C1=C(C)NC(C(F)(F)F)=C(C(=O)OCC)C1c1cccc([N+](=O)[O-])c1.O=C1CC2C(=O)N12. The highest BCUT2D eigenvalue weighted by Crippen LogP contribution is 2.44. The molecule has 0 saturated carbocycles. The van der Waals surface area contributed by atoms with Crippen molar-refractivity contribution in [1.82, 2.24) is 10.2 Å². The Morgan fingerprint density at radius 1 is 1.14 bits per heavy atom. The molecule has 0 aromatic heterocycles. The van der Waals surface area contributed by atoms with Crippen LogP contribution in [-0.4, -0.2) is 59.0 Å². The summed E-state index contributed by atoms with van der Waals surface area (Å²) in [6.07, 6.45) is -4.51. The molecule has 0 spiro atoms. The van der Waals surface area contributed by atoms with Crippen LogP contribution in [-0.2, 0) is 28.7 Å². The van der Waals surface area contributed by atoms with Gasteiger partial charge in [-0.1, -0.05) is 12.1 Å². The average molecular weight is 525 g/mol. The molecule has 2 atom stereocenters. The number of non-ortho nitro benzene ring substituents is 1. The first-order chi connectivity index (χ1) is 17.3. The fourth-order valence-corrected chi connectivity index (χ4v) is 3.95. The molecular weight excluding hydrogens is 503 g/mol. The molecule has 2 saturated heterocycles. The normalized spacial score (nSPS) is 20.2. The van der Waals surface area contributed by atoms with E-state index in [1.165, 1.54) is 37.8 Å². The summed E-state index contributed by atoms with van der Waals surface area (Å²) >= 11 is 0. The minimum absolute atomic E-state index is 0.00463. The Hall–Kier alpha value is -4.23. The zero-order valence-corrected chi connectivity index (χ0v) is 19.9. The summed E-state index contributed by atoms with van der Waals surface area (Å²) in [6.45, 7) is 3.87. The van der Waals surface area contributed by atoms with Gasteiger partial charge >= 0.3 is 18.1 Å². The summed E-state index contributed by atoms with van der Waals surface area (Å²) in [5.74, 6) is -3.83. The van der Waals surface area contributed by atoms with Crippen molar-refractivity contribution in [2.45, 2.75) is 45.3 Å². The van der Waals surface area contributed by atoms with Gasteiger partial charge in [-0.2, -0.15) is 13.2 Å². The minimum atomic E-state index is -4.98. The third kappa shape index (κ3) is 5.47. The lowest BCUT2D eigenvalue weighted by Crippen LogP contribution is -2.38. The summed E-state index contributed by atoms with van der Waals surface area (Å²) in [5.41, 5.74) is -3.21. The van der Waals surface area contributed by atoms with Crippen molar-refractivity contribution >= 4 is 29.4 Å². The van der Waals surface area contributed by atoms with E-state index in [1.807, 2.05) is 0 Å². The predicted molar refractivity (Wildman–Crippen MR) is 118 cm³/mol. The predicted octanol–water partition coefficient (Wildman–Crippen LogP) is 2.63. The van der Waals surface area contributed by atoms with Gasteiger partial charge in [-0.25, -0.2) is 9.59 Å². The molecule has 1 aromatic carbocycles. The number of rotatable bonds is 6. The van der Waals surface area contributed by atoms with Gasteiger partial charge < -0.3 is 14.8 Å². The van der Waals surface area contributed by atoms with E-state index in [0.717, 1.165) is 12.1 Å². The lowest BCUT2D eigenvalue weighted by Gasteiger charge is -2.32. The number of nitrogens with zero attached hydrogens (tertiary/aromatic N) is 2. The maximum absolute atomic E-state index is 13.8. The zero-order chi connectivity index (χ0) is 27.7. The third-order valence-electron chi connectivity index (χ3n) is 5.65. The van der Waals surface area contributed by atoms with E-state index >= 15 is 0 Å². The molecule has 0 bridgehead atoms. The van der Waals surface area contributed by atoms with Gasteiger partial charge in [0.05, 0.1) is 41.6 Å². The number of amides is 2. The highest BCUT2D eigenvalue weighted by molar-refractivity contribution is 6.20. The number of fused-ring (bicyclic) bond motifs is 1. The quantitative estimate of drug-likeness (QED) is 0.148. The molecule has 3 heterocycles. The second kappa shape index (κ2) is 10.4. The molecule has 0 aliphatic carbocycles. The first-order valence-corrected chi connectivity index (χ1v) is 11.1. The summed E-state index contributed by atoms with van der Waals surface area (Å²) in [6, 6.07) is 4.72. The van der Waals surface area contributed by atoms with E-state index in [2.05, 4.69) is 5.32 Å². The molecule has 1 N–H and O–H groups in total. The zero-order valence-electron chi connectivity index (χ0n) is 19.9. The van der Waals surface area contributed by atoms with Crippen LogP contribution in [0.25, 0.3) is 0 Å². The number of β-lactam (4-membered cyclic amide) rings is 1. The molecular formula is C23H22F3N3O8. The van der Waals surface area contributed by atoms with E-state index in [9.17, 15) is 42.5 Å². The Morgan fingerprint density at radius 3 is 2.14 bits per heavy atom. The van der Waals surface area contributed by atoms with E-state index in [0.29, 0.717) is 6.42 Å². The van der Waals surface area contributed by atoms with Crippen LogP contribution in [0.5, 0.6) is 0 Å². The molecule has 0 radical (unpaired) electrons. The fraction of sp³-hybridized carbons (Fsp3) is 0.391. The number of imide groups is 1. The number of hydrogen-bond acceptors (Lipinski definition) is 9. The van der Waals surface area contributed by atoms with Crippen molar-refractivity contribution in [3.8, 4) is 0 Å². The van der Waals surface area contributed by atoms with Gasteiger partial charge in [0.25, 0.3) is 11.6 Å². The molecule has 14 heteroatoms. The maximum atomic E-state index is 13.8. The maximum Gasteiger partial charge on any atom is 0.431 e. The van der Waals surface area contributed by atoms with Crippen molar-refractivity contribution in [2.75, 3.05) is 13.2 Å². The van der Waals surface area contributed by atoms with Gasteiger partial charge in [0.2, 0.25) is 5.91 Å². The molecule has 37 heavy (non-hydrogen) atoms. The Balaban J connectivity index is 0.000000458. The monoisotopic (exact) mass is 525 g/mol. The van der Waals surface area contributed by atoms with Crippen LogP contribution >= 0.6 is 0 Å². The average Bonchev–Trinajstić information content (AvgIpc) is 3.38. The van der Waals surface area contributed by atoms with Crippen molar-refractivity contribution < 1.29 is 46.7 Å². The lowest BCUT2D eigenvalue weighted by atomic mass is 9.80. The van der Waals surface area contributed by atoms with Gasteiger partial charge in [0.1, 0.15) is 11.7 Å². The Kier molecular flexibility index (Phi) is 7.69. The molecule has 11 nitrogen and oxygen atoms in total. The van der Waals surface area contributed by atoms with Gasteiger partial charge in [0.15, 0.2) is 0 Å². The molecule has 4 rings (SSSR count). The van der Waals surface area contributed by atoms with Crippen LogP contribution in [0.2, 0.25) is 0 Å².